The number of hydrogen-bond donors (Lipinski definition) is 1. The fraction of sp³-hybridized carbons (Fsp3) is 0.941. The number of hydrogen-bond acceptors (Lipinski definition) is 3. The summed E-state index contributed by atoms with van der Waals surface area (Å²) in [6.07, 6.45) is 6.88. The van der Waals surface area contributed by atoms with Gasteiger partial charge in [-0.2, -0.15) is 0 Å². The van der Waals surface area contributed by atoms with Gasteiger partial charge in [0.1, 0.15) is 0 Å². The molecular formula is C17H32N2O2. The number of nitrogens with zero attached hydrogens (tertiary/aromatic N) is 1. The summed E-state index contributed by atoms with van der Waals surface area (Å²) in [5.74, 6) is 1.01. The Morgan fingerprint density at radius 3 is 2.38 bits per heavy atom. The van der Waals surface area contributed by atoms with Crippen LogP contribution in [0.4, 0.5) is 0 Å². The summed E-state index contributed by atoms with van der Waals surface area (Å²) >= 11 is 0. The molecule has 2 atom stereocenters. The van der Waals surface area contributed by atoms with Crippen molar-refractivity contribution in [1.82, 2.24) is 10.2 Å². The molecule has 2 aliphatic rings. The van der Waals surface area contributed by atoms with E-state index in [1.54, 1.807) is 0 Å². The molecule has 1 saturated heterocycles. The summed E-state index contributed by atoms with van der Waals surface area (Å²) < 4.78 is 6.00. The highest BCUT2D eigenvalue weighted by molar-refractivity contribution is 5.84. The second-order valence-corrected chi connectivity index (χ2v) is 7.24. The predicted octanol–water partition coefficient (Wildman–Crippen LogP) is 2.77. The number of amides is 1. The fourth-order valence-corrected chi connectivity index (χ4v) is 3.49. The Morgan fingerprint density at radius 2 is 1.81 bits per heavy atom. The Kier molecular flexibility index (Phi) is 6.06. The normalized spacial score (nSPS) is 28.1. The summed E-state index contributed by atoms with van der Waals surface area (Å²) in [5.41, 5.74) is 0. The van der Waals surface area contributed by atoms with E-state index < -0.39 is 0 Å². The third-order valence-electron chi connectivity index (χ3n) is 4.77. The molecule has 0 aromatic rings. The number of carbonyl (C=O) groups excluding carboxylic acids is 1. The molecule has 1 aliphatic carbocycles. The molecule has 21 heavy (non-hydrogen) atoms. The van der Waals surface area contributed by atoms with Crippen molar-refractivity contribution in [2.75, 3.05) is 13.2 Å². The first-order chi connectivity index (χ1) is 10.0. The van der Waals surface area contributed by atoms with Gasteiger partial charge in [-0.15, -0.1) is 0 Å². The van der Waals surface area contributed by atoms with E-state index in [0.717, 1.165) is 0 Å². The van der Waals surface area contributed by atoms with Crippen LogP contribution >= 0.6 is 0 Å². The van der Waals surface area contributed by atoms with Crippen LogP contribution in [0.5, 0.6) is 0 Å². The van der Waals surface area contributed by atoms with Crippen molar-refractivity contribution in [2.24, 2.45) is 11.8 Å². The zero-order valence-electron chi connectivity index (χ0n) is 14.1. The molecule has 122 valence electrons. The van der Waals surface area contributed by atoms with E-state index in [-0.39, 0.29) is 18.1 Å². The molecule has 1 saturated carbocycles. The second-order valence-electron chi connectivity index (χ2n) is 7.24. The van der Waals surface area contributed by atoms with Crippen LogP contribution in [0.2, 0.25) is 0 Å². The van der Waals surface area contributed by atoms with Crippen molar-refractivity contribution < 1.29 is 9.53 Å². The maximum atomic E-state index is 12.6. The third-order valence-corrected chi connectivity index (χ3v) is 4.77. The fourth-order valence-electron chi connectivity index (χ4n) is 3.49. The average Bonchev–Trinajstić information content (AvgIpc) is 2.78. The van der Waals surface area contributed by atoms with E-state index in [1.165, 1.54) is 32.1 Å². The highest BCUT2D eigenvalue weighted by Gasteiger charge is 2.41. The number of carbonyl (C=O) groups is 1. The Balaban J connectivity index is 1.85. The first-order valence-corrected chi connectivity index (χ1v) is 8.69. The van der Waals surface area contributed by atoms with Crippen LogP contribution in [-0.4, -0.2) is 42.3 Å². The van der Waals surface area contributed by atoms with Crippen molar-refractivity contribution >= 4 is 5.91 Å². The highest BCUT2D eigenvalue weighted by Crippen LogP contribution is 2.23. The minimum absolute atomic E-state index is 0.0351. The molecule has 2 rings (SSSR count). The summed E-state index contributed by atoms with van der Waals surface area (Å²) in [6, 6.07) is -0.0351. The summed E-state index contributed by atoms with van der Waals surface area (Å²) in [6.45, 7) is 9.94. The lowest BCUT2D eigenvalue weighted by Gasteiger charge is -2.28. The maximum absolute atomic E-state index is 12.6. The molecule has 2 fully saturated rings. The molecule has 4 nitrogen and oxygen atoms in total. The molecule has 1 N–H and O–H groups in total. The smallest absolute Gasteiger partial charge is 0.241 e. The molecule has 1 amide bonds. The van der Waals surface area contributed by atoms with Crippen molar-refractivity contribution in [3.63, 3.8) is 0 Å². The maximum Gasteiger partial charge on any atom is 0.241 e. The SMILES string of the molecule is CC(C)C1NC(C(C)C)N(CCOC2CCCCC2)C1=O. The average molecular weight is 296 g/mol. The highest BCUT2D eigenvalue weighted by atomic mass is 16.5. The molecule has 0 aromatic carbocycles. The van der Waals surface area contributed by atoms with Gasteiger partial charge in [0.2, 0.25) is 5.91 Å². The lowest BCUT2D eigenvalue weighted by molar-refractivity contribution is -0.132. The van der Waals surface area contributed by atoms with Crippen LogP contribution < -0.4 is 5.32 Å². The lowest BCUT2D eigenvalue weighted by atomic mass is 9.98. The van der Waals surface area contributed by atoms with Crippen LogP contribution in [0.3, 0.4) is 0 Å². The standard InChI is InChI=1S/C17H32N2O2/c1-12(2)15-17(20)19(16(18-15)13(3)4)10-11-21-14-8-6-5-7-9-14/h12-16,18H,5-11H2,1-4H3. The van der Waals surface area contributed by atoms with Gasteiger partial charge >= 0.3 is 0 Å². The van der Waals surface area contributed by atoms with Gasteiger partial charge in [0.15, 0.2) is 0 Å². The monoisotopic (exact) mass is 296 g/mol. The number of rotatable bonds is 6. The predicted molar refractivity (Wildman–Crippen MR) is 84.9 cm³/mol. The van der Waals surface area contributed by atoms with Crippen molar-refractivity contribution in [1.29, 1.82) is 0 Å². The molecule has 0 spiro atoms. The van der Waals surface area contributed by atoms with Gasteiger partial charge in [-0.1, -0.05) is 47.0 Å². The van der Waals surface area contributed by atoms with Crippen molar-refractivity contribution in [3.8, 4) is 0 Å². The first-order valence-electron chi connectivity index (χ1n) is 8.69. The Labute approximate surface area is 129 Å². The molecule has 0 bridgehead atoms. The molecule has 1 heterocycles. The van der Waals surface area contributed by atoms with E-state index >= 15 is 0 Å². The number of ether oxygens (including phenoxy) is 1. The topological polar surface area (TPSA) is 41.6 Å². The Morgan fingerprint density at radius 1 is 1.14 bits per heavy atom. The van der Waals surface area contributed by atoms with Gasteiger partial charge in [0.25, 0.3) is 0 Å². The van der Waals surface area contributed by atoms with Crippen molar-refractivity contribution in [3.05, 3.63) is 0 Å². The molecule has 0 aromatic heterocycles. The summed E-state index contributed by atoms with van der Waals surface area (Å²) in [5, 5.41) is 3.50. The minimum atomic E-state index is -0.0351. The van der Waals surface area contributed by atoms with Crippen LogP contribution in [0.25, 0.3) is 0 Å². The van der Waals surface area contributed by atoms with E-state index in [2.05, 4.69) is 33.0 Å². The van der Waals surface area contributed by atoms with E-state index in [9.17, 15) is 4.79 Å². The van der Waals surface area contributed by atoms with Crippen LogP contribution in [-0.2, 0) is 9.53 Å². The van der Waals surface area contributed by atoms with Crippen molar-refractivity contribution in [2.45, 2.75) is 78.1 Å². The zero-order valence-corrected chi connectivity index (χ0v) is 14.1. The Hall–Kier alpha value is -0.610. The van der Waals surface area contributed by atoms with E-state index in [1.807, 2.05) is 4.90 Å². The molecular weight excluding hydrogens is 264 g/mol. The Bertz CT molecular complexity index is 338. The molecule has 4 heteroatoms. The van der Waals surface area contributed by atoms with Gasteiger partial charge in [-0.25, -0.2) is 0 Å². The summed E-state index contributed by atoms with van der Waals surface area (Å²) in [7, 11) is 0. The molecule has 1 aliphatic heterocycles. The van der Waals surface area contributed by atoms with Gasteiger partial charge in [0.05, 0.1) is 24.9 Å². The first kappa shape index (κ1) is 16.8. The quantitative estimate of drug-likeness (QED) is 0.819. The number of nitrogens with one attached hydrogen (secondary N) is 1. The van der Waals surface area contributed by atoms with E-state index in [0.29, 0.717) is 31.1 Å². The molecule has 2 unspecified atom stereocenters. The minimum Gasteiger partial charge on any atom is -0.376 e. The lowest BCUT2D eigenvalue weighted by Crippen LogP contribution is -2.43. The largest absolute Gasteiger partial charge is 0.376 e. The third kappa shape index (κ3) is 4.19. The van der Waals surface area contributed by atoms with E-state index in [4.69, 9.17) is 4.74 Å². The zero-order chi connectivity index (χ0) is 15.4. The van der Waals surface area contributed by atoms with Gasteiger partial charge < -0.3 is 9.64 Å². The van der Waals surface area contributed by atoms with Gasteiger partial charge in [0, 0.05) is 6.54 Å². The second kappa shape index (κ2) is 7.59. The summed E-state index contributed by atoms with van der Waals surface area (Å²) in [4.78, 5) is 14.6. The van der Waals surface area contributed by atoms with Gasteiger partial charge in [-0.3, -0.25) is 10.1 Å². The van der Waals surface area contributed by atoms with Crippen LogP contribution in [0, 0.1) is 11.8 Å². The van der Waals surface area contributed by atoms with Crippen LogP contribution in [0.15, 0.2) is 0 Å². The van der Waals surface area contributed by atoms with Gasteiger partial charge in [-0.05, 0) is 24.7 Å². The molecule has 0 radical (unpaired) electrons. The van der Waals surface area contributed by atoms with Crippen LogP contribution in [0.1, 0.15) is 59.8 Å².